The molecule has 4 rings (SSSR count). The summed E-state index contributed by atoms with van der Waals surface area (Å²) < 4.78 is 12.5. The van der Waals surface area contributed by atoms with Gasteiger partial charge in [0.2, 0.25) is 0 Å². The summed E-state index contributed by atoms with van der Waals surface area (Å²) in [5, 5.41) is 11.1. The van der Waals surface area contributed by atoms with Crippen LogP contribution < -0.4 is 14.4 Å². The zero-order valence-corrected chi connectivity index (χ0v) is 22.5. The van der Waals surface area contributed by atoms with Gasteiger partial charge in [-0.2, -0.15) is 0 Å². The Morgan fingerprint density at radius 1 is 1.11 bits per heavy atom. The maximum absolute atomic E-state index is 13.0. The minimum absolute atomic E-state index is 0.0151. The standard InChI is InChI=1S/C25H18ClIN2O6S/c1-2-34-21-12-16(11-20(27)23(21)35-14-15-4-3-5-19(10-15)29(32)33)13-22-24(30)28(25(31)36-22)18-8-6-17(26)7-9-18/h3-13H,2,14H2,1H3/b22-13+. The van der Waals surface area contributed by atoms with Crippen LogP contribution in [0.3, 0.4) is 0 Å². The van der Waals surface area contributed by atoms with E-state index in [-0.39, 0.29) is 17.2 Å². The average molecular weight is 637 g/mol. The Bertz CT molecular complexity index is 1380. The van der Waals surface area contributed by atoms with Crippen molar-refractivity contribution in [3.63, 3.8) is 0 Å². The van der Waals surface area contributed by atoms with Gasteiger partial charge in [-0.15, -0.1) is 0 Å². The van der Waals surface area contributed by atoms with Crippen molar-refractivity contribution in [1.29, 1.82) is 0 Å². The number of nitro benzene ring substituents is 1. The summed E-state index contributed by atoms with van der Waals surface area (Å²) in [5.41, 5.74) is 1.73. The zero-order chi connectivity index (χ0) is 25.8. The molecule has 2 amide bonds. The molecule has 3 aromatic carbocycles. The molecule has 1 aliphatic heterocycles. The third-order valence-corrected chi connectivity index (χ3v) is 6.94. The summed E-state index contributed by atoms with van der Waals surface area (Å²) in [6, 6.07) is 16.2. The highest BCUT2D eigenvalue weighted by atomic mass is 127. The Morgan fingerprint density at radius 3 is 2.56 bits per heavy atom. The quantitative estimate of drug-likeness (QED) is 0.113. The molecular weight excluding hydrogens is 619 g/mol. The molecule has 0 N–H and O–H groups in total. The number of hydrogen-bond acceptors (Lipinski definition) is 7. The summed E-state index contributed by atoms with van der Waals surface area (Å²) in [4.78, 5) is 37.5. The molecule has 1 fully saturated rings. The Morgan fingerprint density at radius 2 is 1.86 bits per heavy atom. The van der Waals surface area contributed by atoms with Crippen molar-refractivity contribution < 1.29 is 24.0 Å². The number of imide groups is 1. The van der Waals surface area contributed by atoms with Gasteiger partial charge in [-0.05, 0) is 94.9 Å². The lowest BCUT2D eigenvalue weighted by molar-refractivity contribution is -0.384. The van der Waals surface area contributed by atoms with Crippen LogP contribution in [-0.2, 0) is 11.4 Å². The van der Waals surface area contributed by atoms with Crippen LogP contribution in [-0.4, -0.2) is 22.7 Å². The highest BCUT2D eigenvalue weighted by Crippen LogP contribution is 2.39. The molecule has 1 heterocycles. The van der Waals surface area contributed by atoms with E-state index >= 15 is 0 Å². The van der Waals surface area contributed by atoms with Gasteiger partial charge in [-0.25, -0.2) is 4.90 Å². The lowest BCUT2D eigenvalue weighted by Gasteiger charge is -2.15. The summed E-state index contributed by atoms with van der Waals surface area (Å²) in [7, 11) is 0. The lowest BCUT2D eigenvalue weighted by Crippen LogP contribution is -2.27. The third kappa shape index (κ3) is 5.82. The van der Waals surface area contributed by atoms with E-state index in [0.29, 0.717) is 43.5 Å². The summed E-state index contributed by atoms with van der Waals surface area (Å²) in [6.07, 6.45) is 1.63. The molecule has 8 nitrogen and oxygen atoms in total. The van der Waals surface area contributed by atoms with Gasteiger partial charge >= 0.3 is 0 Å². The molecule has 0 atom stereocenters. The number of non-ortho nitro benzene ring substituents is 1. The van der Waals surface area contributed by atoms with Gasteiger partial charge in [-0.1, -0.05) is 23.7 Å². The number of ether oxygens (including phenoxy) is 2. The van der Waals surface area contributed by atoms with Crippen LogP contribution in [0.5, 0.6) is 11.5 Å². The molecule has 0 spiro atoms. The van der Waals surface area contributed by atoms with E-state index in [4.69, 9.17) is 21.1 Å². The number of nitrogens with zero attached hydrogens (tertiary/aromatic N) is 2. The molecule has 0 aromatic heterocycles. The monoisotopic (exact) mass is 636 g/mol. The molecule has 184 valence electrons. The maximum Gasteiger partial charge on any atom is 0.298 e. The normalized spacial score (nSPS) is 14.4. The summed E-state index contributed by atoms with van der Waals surface area (Å²) >= 11 is 8.87. The Hall–Kier alpha value is -3.09. The molecule has 1 saturated heterocycles. The van der Waals surface area contributed by atoms with Crippen LogP contribution in [0.15, 0.2) is 65.6 Å². The van der Waals surface area contributed by atoms with Crippen molar-refractivity contribution in [2.45, 2.75) is 13.5 Å². The van der Waals surface area contributed by atoms with Crippen molar-refractivity contribution >= 4 is 74.6 Å². The predicted molar refractivity (Wildman–Crippen MR) is 148 cm³/mol. The fourth-order valence-electron chi connectivity index (χ4n) is 3.42. The van der Waals surface area contributed by atoms with Crippen molar-refractivity contribution in [2.24, 2.45) is 0 Å². The molecule has 0 radical (unpaired) electrons. The van der Waals surface area contributed by atoms with Crippen molar-refractivity contribution in [2.75, 3.05) is 11.5 Å². The van der Waals surface area contributed by atoms with Gasteiger partial charge < -0.3 is 9.47 Å². The number of rotatable bonds is 8. The first-order valence-corrected chi connectivity index (χ1v) is 12.9. The van der Waals surface area contributed by atoms with Crippen LogP contribution in [0, 0.1) is 13.7 Å². The lowest BCUT2D eigenvalue weighted by atomic mass is 10.1. The molecule has 0 saturated carbocycles. The maximum atomic E-state index is 13.0. The minimum atomic E-state index is -0.456. The third-order valence-electron chi connectivity index (χ3n) is 5.01. The highest BCUT2D eigenvalue weighted by molar-refractivity contribution is 14.1. The molecule has 11 heteroatoms. The first kappa shape index (κ1) is 26.0. The van der Waals surface area contributed by atoms with Crippen molar-refractivity contribution in [3.8, 4) is 11.5 Å². The second-order valence-corrected chi connectivity index (χ2v) is 10.1. The number of carbonyl (C=O) groups excluding carboxylic acids is 2. The largest absolute Gasteiger partial charge is 0.490 e. The van der Waals surface area contributed by atoms with E-state index in [2.05, 4.69) is 22.6 Å². The summed E-state index contributed by atoms with van der Waals surface area (Å²) in [5.74, 6) is 0.514. The Kier molecular flexibility index (Phi) is 8.17. The highest BCUT2D eigenvalue weighted by Gasteiger charge is 2.36. The van der Waals surface area contributed by atoms with Gasteiger partial charge in [0, 0.05) is 17.2 Å². The van der Waals surface area contributed by atoms with Crippen LogP contribution >= 0.6 is 46.0 Å². The van der Waals surface area contributed by atoms with E-state index < -0.39 is 16.1 Å². The van der Waals surface area contributed by atoms with Crippen molar-refractivity contribution in [3.05, 3.63) is 95.4 Å². The number of halogens is 2. The minimum Gasteiger partial charge on any atom is -0.490 e. The van der Waals surface area contributed by atoms with E-state index in [1.54, 1.807) is 48.5 Å². The molecular formula is C25H18ClIN2O6S. The molecule has 0 unspecified atom stereocenters. The van der Waals surface area contributed by atoms with Gasteiger partial charge in [0.15, 0.2) is 11.5 Å². The fraction of sp³-hybridized carbons (Fsp3) is 0.120. The van der Waals surface area contributed by atoms with Gasteiger partial charge in [0.1, 0.15) is 6.61 Å². The number of anilines is 1. The van der Waals surface area contributed by atoms with Gasteiger partial charge in [0.25, 0.3) is 16.8 Å². The topological polar surface area (TPSA) is 99.0 Å². The molecule has 1 aliphatic rings. The first-order valence-electron chi connectivity index (χ1n) is 10.6. The SMILES string of the molecule is CCOc1cc(/C=C2/SC(=O)N(c3ccc(Cl)cc3)C2=O)cc(I)c1OCc1cccc([N+](=O)[O-])c1. The Balaban J connectivity index is 1.59. The number of carbonyl (C=O) groups is 2. The first-order chi connectivity index (χ1) is 17.3. The van der Waals surface area contributed by atoms with Crippen LogP contribution in [0.2, 0.25) is 5.02 Å². The predicted octanol–water partition coefficient (Wildman–Crippen LogP) is 7.07. The average Bonchev–Trinajstić information content (AvgIpc) is 3.12. The fourth-order valence-corrected chi connectivity index (χ4v) is 5.17. The second-order valence-electron chi connectivity index (χ2n) is 7.47. The Labute approximate surface area is 229 Å². The van der Waals surface area contributed by atoms with Crippen LogP contribution in [0.4, 0.5) is 16.2 Å². The smallest absolute Gasteiger partial charge is 0.298 e. The van der Waals surface area contributed by atoms with Crippen molar-refractivity contribution in [1.82, 2.24) is 0 Å². The van der Waals surface area contributed by atoms with E-state index in [0.717, 1.165) is 16.7 Å². The zero-order valence-electron chi connectivity index (χ0n) is 18.8. The number of amides is 2. The van der Waals surface area contributed by atoms with Crippen LogP contribution in [0.1, 0.15) is 18.1 Å². The molecule has 3 aromatic rings. The molecule has 36 heavy (non-hydrogen) atoms. The number of hydrogen-bond donors (Lipinski definition) is 0. The van der Waals surface area contributed by atoms with E-state index in [9.17, 15) is 19.7 Å². The van der Waals surface area contributed by atoms with Crippen LogP contribution in [0.25, 0.3) is 6.08 Å². The number of nitro groups is 1. The van der Waals surface area contributed by atoms with E-state index in [1.807, 2.05) is 13.0 Å². The van der Waals surface area contributed by atoms with Gasteiger partial charge in [-0.3, -0.25) is 19.7 Å². The van der Waals surface area contributed by atoms with E-state index in [1.165, 1.54) is 12.1 Å². The second kappa shape index (κ2) is 11.3. The molecule has 0 bridgehead atoms. The number of thioether (sulfide) groups is 1. The number of benzene rings is 3. The van der Waals surface area contributed by atoms with Gasteiger partial charge in [0.05, 0.1) is 25.7 Å². The molecule has 0 aliphatic carbocycles. The summed E-state index contributed by atoms with van der Waals surface area (Å²) in [6.45, 7) is 2.32.